The highest BCUT2D eigenvalue weighted by Crippen LogP contribution is 2.45. The first kappa shape index (κ1) is 112. The molecule has 1 saturated heterocycles. The van der Waals surface area contributed by atoms with Crippen LogP contribution in [0.15, 0.2) is 155 Å². The van der Waals surface area contributed by atoms with Crippen LogP contribution < -0.4 is 11.2 Å². The molecule has 3 aromatic carbocycles. The summed E-state index contributed by atoms with van der Waals surface area (Å²) in [4.78, 5) is 118. The molecule has 1 aromatic heterocycles. The van der Waals surface area contributed by atoms with Gasteiger partial charge in [-0.25, -0.2) is 4.79 Å². The van der Waals surface area contributed by atoms with Gasteiger partial charge in [0.15, 0.2) is 18.4 Å². The molecule has 0 amide bonds. The molecule has 4 aromatic rings. The molecule has 1 N–H and O–H groups in total. The van der Waals surface area contributed by atoms with E-state index in [4.69, 9.17) is 33.2 Å². The average molecular weight is 1790 g/mol. The lowest BCUT2D eigenvalue weighted by atomic mass is 9.75. The van der Waals surface area contributed by atoms with E-state index in [1.165, 1.54) is 165 Å². The van der Waals surface area contributed by atoms with Gasteiger partial charge in [-0.05, 0) is 158 Å². The summed E-state index contributed by atoms with van der Waals surface area (Å²) in [5.74, 6) is -5.27. The largest absolute Gasteiger partial charge is 0.462 e. The number of nitrogens with zero attached hydrogens (tertiary/aromatic N) is 2. The lowest BCUT2D eigenvalue weighted by molar-refractivity contribution is -0.178. The van der Waals surface area contributed by atoms with Crippen molar-refractivity contribution in [1.82, 2.24) is 14.5 Å². The number of carbonyl (C=O) groups excluding carboxylic acids is 6. The van der Waals surface area contributed by atoms with Crippen LogP contribution in [-0.2, 0) is 67.5 Å². The Kier molecular flexibility index (Phi) is 64.5. The maximum Gasteiger partial charge on any atom is 0.330 e. The molecule has 0 bridgehead atoms. The Bertz CT molecular complexity index is 3570. The van der Waals surface area contributed by atoms with Crippen LogP contribution in [0.5, 0.6) is 0 Å². The number of aromatic nitrogens is 2. The van der Waals surface area contributed by atoms with Crippen LogP contribution in [0.1, 0.15) is 429 Å². The second-order valence-corrected chi connectivity index (χ2v) is 36.3. The minimum atomic E-state index is -1.43. The van der Waals surface area contributed by atoms with E-state index in [9.17, 15) is 28.8 Å². The van der Waals surface area contributed by atoms with Gasteiger partial charge in [0.2, 0.25) is 0 Å². The molecule has 18 nitrogen and oxygen atoms in total. The third-order valence-corrected chi connectivity index (χ3v) is 24.8. The molecule has 0 aliphatic carbocycles. The fraction of sp³-hybridized carbons (Fsp3) is 0.676. The molecule has 5 rings (SSSR count). The highest BCUT2D eigenvalue weighted by atomic mass is 16.6. The van der Waals surface area contributed by atoms with E-state index >= 15 is 9.59 Å². The van der Waals surface area contributed by atoms with Crippen LogP contribution in [0.3, 0.4) is 0 Å². The van der Waals surface area contributed by atoms with Crippen LogP contribution in [0.2, 0.25) is 0 Å². The van der Waals surface area contributed by atoms with E-state index in [1.54, 1.807) is 6.92 Å². The fourth-order valence-electron chi connectivity index (χ4n) is 17.2. The number of hydrogen-bond donors (Lipinski definition) is 1. The molecule has 0 radical (unpaired) electrons. The molecule has 2 heterocycles. The number of rotatable bonds is 80. The number of unbranched alkanes of at least 4 members (excludes halogenated alkanes) is 44. The third kappa shape index (κ3) is 51.6. The zero-order chi connectivity index (χ0) is 92.4. The smallest absolute Gasteiger partial charge is 0.330 e. The summed E-state index contributed by atoms with van der Waals surface area (Å²) in [5, 5.41) is 0. The number of H-pyrrole nitrogens is 1. The fourth-order valence-corrected chi connectivity index (χ4v) is 17.2. The Labute approximate surface area is 779 Å². The summed E-state index contributed by atoms with van der Waals surface area (Å²) in [7, 11) is 0. The molecule has 0 saturated carbocycles. The molecule has 0 spiro atoms. The summed E-state index contributed by atoms with van der Waals surface area (Å²) in [5.41, 5.74) is 0.478. The molecular weight excluding hydrogens is 1620 g/mol. The van der Waals surface area contributed by atoms with Crippen molar-refractivity contribution in [3.05, 3.63) is 189 Å². The highest BCUT2D eigenvalue weighted by molar-refractivity contribution is 5.80. The van der Waals surface area contributed by atoms with Crippen molar-refractivity contribution in [3.8, 4) is 0 Å². The molecular formula is C111H173N3O15. The summed E-state index contributed by atoms with van der Waals surface area (Å²) in [6, 6.07) is 29.9. The first-order valence-electron chi connectivity index (χ1n) is 51.7. The maximum absolute atomic E-state index is 15.8. The maximum atomic E-state index is 15.8. The molecule has 1 unspecified atom stereocenters. The summed E-state index contributed by atoms with van der Waals surface area (Å²) in [6.45, 7) is 8.93. The number of carbonyl (C=O) groups is 6. The molecule has 1 aliphatic rings. The molecule has 18 heteroatoms. The number of ether oxygens (including phenoxy) is 7. The predicted octanol–water partition coefficient (Wildman–Crippen LogP) is 27.6. The first-order chi connectivity index (χ1) is 63.2. The van der Waals surface area contributed by atoms with Crippen molar-refractivity contribution in [2.24, 2.45) is 5.92 Å². The third-order valence-electron chi connectivity index (χ3n) is 24.8. The number of morpholine rings is 1. The van der Waals surface area contributed by atoms with E-state index in [1.807, 2.05) is 91.0 Å². The molecule has 129 heavy (non-hydrogen) atoms. The van der Waals surface area contributed by atoms with Crippen molar-refractivity contribution in [2.75, 3.05) is 39.5 Å². The van der Waals surface area contributed by atoms with E-state index < -0.39 is 116 Å². The Balaban J connectivity index is 1.43. The second-order valence-electron chi connectivity index (χ2n) is 36.3. The Morgan fingerprint density at radius 1 is 0.372 bits per heavy atom. The molecule has 3 atom stereocenters. The lowest BCUT2D eigenvalue weighted by Gasteiger charge is -2.51. The number of esters is 6. The minimum Gasteiger partial charge on any atom is -0.462 e. The monoisotopic (exact) mass is 1790 g/mol. The van der Waals surface area contributed by atoms with Gasteiger partial charge < -0.3 is 33.2 Å². The van der Waals surface area contributed by atoms with E-state index in [0.29, 0.717) is 25.7 Å². The second kappa shape index (κ2) is 74.6. The number of nitrogens with one attached hydrogen (secondary N) is 1. The van der Waals surface area contributed by atoms with Gasteiger partial charge in [0.1, 0.15) is 26.4 Å². The van der Waals surface area contributed by atoms with Crippen molar-refractivity contribution in [3.63, 3.8) is 0 Å². The van der Waals surface area contributed by atoms with Crippen LogP contribution in [-0.4, -0.2) is 108 Å². The quantitative estimate of drug-likeness (QED) is 0.0143. The van der Waals surface area contributed by atoms with Gasteiger partial charge >= 0.3 is 41.5 Å². The number of hydrogen-bond acceptors (Lipinski definition) is 16. The zero-order valence-corrected chi connectivity index (χ0v) is 81.0. The van der Waals surface area contributed by atoms with Crippen LogP contribution in [0.4, 0.5) is 0 Å². The molecule has 722 valence electrons. The van der Waals surface area contributed by atoms with E-state index in [0.717, 1.165) is 171 Å². The summed E-state index contributed by atoms with van der Waals surface area (Å²) < 4.78 is 44.7. The first-order valence-corrected chi connectivity index (χ1v) is 51.7. The highest BCUT2D eigenvalue weighted by Gasteiger charge is 2.48. The average Bonchev–Trinajstić information content (AvgIpc) is 0.728. The van der Waals surface area contributed by atoms with Crippen LogP contribution >= 0.6 is 0 Å². The Hall–Kier alpha value is -7.96. The predicted molar refractivity (Wildman–Crippen MR) is 525 cm³/mol. The Morgan fingerprint density at radius 3 is 0.953 bits per heavy atom. The topological polar surface area (TPSA) is 225 Å². The van der Waals surface area contributed by atoms with Gasteiger partial charge in [-0.2, -0.15) is 0 Å². The Morgan fingerprint density at radius 2 is 0.651 bits per heavy atom. The SMILES string of the molecule is CCCCCCCC/C=C\CCCCCCCC(=O)OCC(COC(=O)CCCCCCC/C=C\CCCCCCCC)OC(=O)CC(C[C@H]1CN(C(c2ccccc2)(c2ccccc2)c2ccccc2)C[C@H](n2cc(C)c(=O)[nH]c2=O)O1)C(=O)OC(COC(=O)CCCCCCC/C=C\CCCCCCCC)COC(=O)CCCCCCC/C=C\CCCCCCCC. The minimum absolute atomic E-state index is 0.0676. The number of allylic oxidation sites excluding steroid dienone is 8. The van der Waals surface area contributed by atoms with Crippen molar-refractivity contribution >= 4 is 35.8 Å². The van der Waals surface area contributed by atoms with Crippen molar-refractivity contribution < 1.29 is 61.9 Å². The van der Waals surface area contributed by atoms with Gasteiger partial charge in [-0.1, -0.05) is 373 Å². The normalized spacial score (nSPS) is 14.1. The number of aryl methyl sites for hydroxylation is 1. The summed E-state index contributed by atoms with van der Waals surface area (Å²) >= 11 is 0. The van der Waals surface area contributed by atoms with Gasteiger partial charge in [0, 0.05) is 50.5 Å². The van der Waals surface area contributed by atoms with Crippen molar-refractivity contribution in [2.45, 2.75) is 437 Å². The van der Waals surface area contributed by atoms with Crippen molar-refractivity contribution in [1.29, 1.82) is 0 Å². The van der Waals surface area contributed by atoms with Crippen LogP contribution in [0.25, 0.3) is 0 Å². The van der Waals surface area contributed by atoms with Gasteiger partial charge in [0.25, 0.3) is 5.56 Å². The van der Waals surface area contributed by atoms with Crippen LogP contribution in [0, 0.1) is 12.8 Å². The van der Waals surface area contributed by atoms with E-state index in [2.05, 4.69) is 86.2 Å². The number of aromatic amines is 1. The standard InChI is InChI=1S/C111H173N3O15/c1-6-10-14-18-22-26-30-34-38-42-46-50-54-58-71-81-103(115)123-90-100(91-124-104(116)82-72-59-55-51-47-43-39-35-31-27-23-19-15-11-7-2)128-107(119)86-95(85-99-88-113(89-102(127-99)114-87-94(5)108(120)112-110(114)122)111(96-75-65-62-66-76-96,97-77-67-63-68-78-97)98-79-69-64-70-80-98)109(121)129-101(92-125-105(117)83-73-60-56-52-48-44-40-36-32-28-24-20-16-12-8-3)93-126-106(118)84-74-61-57-53-49-45-41-37-33-29-25-21-17-13-9-4/h34-41,62-70,75-80,87,95,99-102H,6-33,42-61,71-74,81-86,88-93H2,1-5H3,(H,112,120,122)/b38-34-,39-35-,40-36-,41-37-/t95?,99-,102+/m0/s1. The summed E-state index contributed by atoms with van der Waals surface area (Å²) in [6.07, 6.45) is 72.0. The van der Waals surface area contributed by atoms with E-state index in [-0.39, 0.29) is 50.8 Å². The van der Waals surface area contributed by atoms with Gasteiger partial charge in [-0.15, -0.1) is 0 Å². The molecule has 1 fully saturated rings. The zero-order valence-electron chi connectivity index (χ0n) is 81.0. The number of benzene rings is 3. The molecule has 1 aliphatic heterocycles. The van der Waals surface area contributed by atoms with Gasteiger partial charge in [-0.3, -0.25) is 48.0 Å². The van der Waals surface area contributed by atoms with Gasteiger partial charge in [0.05, 0.1) is 24.0 Å². The lowest BCUT2D eigenvalue weighted by Crippen LogP contribution is -2.58.